The Balaban J connectivity index is 1.66. The number of aliphatic hydroxyl groups excluding tert-OH is 1. The number of urea groups is 1. The monoisotopic (exact) mass is 787 g/mol. The Hall–Kier alpha value is -6.09. The fourth-order valence-electron chi connectivity index (χ4n) is 6.14. The van der Waals surface area contributed by atoms with E-state index in [0.29, 0.717) is 28.9 Å². The molecule has 15 nitrogen and oxygen atoms in total. The van der Waals surface area contributed by atoms with Gasteiger partial charge < -0.3 is 42.3 Å². The fourth-order valence-corrected chi connectivity index (χ4v) is 6.14. The number of aromatic hydroxyl groups is 1. The van der Waals surface area contributed by atoms with Crippen LogP contribution in [0.4, 0.5) is 16.2 Å². The van der Waals surface area contributed by atoms with E-state index in [1.807, 2.05) is 32.0 Å². The van der Waals surface area contributed by atoms with E-state index >= 15 is 0 Å². The second-order valence-corrected chi connectivity index (χ2v) is 14.2. The predicted octanol–water partition coefficient (Wildman–Crippen LogP) is 4.03. The molecule has 306 valence electrons. The maximum absolute atomic E-state index is 13.8. The Morgan fingerprint density at radius 1 is 0.789 bits per heavy atom. The molecule has 0 fully saturated rings. The summed E-state index contributed by atoms with van der Waals surface area (Å²) in [6.07, 6.45) is -0.526. The van der Waals surface area contributed by atoms with Gasteiger partial charge in [-0.3, -0.25) is 28.8 Å². The van der Waals surface area contributed by atoms with Crippen LogP contribution in [-0.4, -0.2) is 75.3 Å². The molecule has 3 aromatic carbocycles. The first kappa shape index (κ1) is 45.3. The van der Waals surface area contributed by atoms with Gasteiger partial charge in [0.05, 0.1) is 18.6 Å². The normalized spacial score (nSPS) is 13.5. The van der Waals surface area contributed by atoms with E-state index in [1.165, 1.54) is 12.1 Å². The molecule has 3 rings (SSSR count). The van der Waals surface area contributed by atoms with Crippen LogP contribution in [0.2, 0.25) is 0 Å². The maximum Gasteiger partial charge on any atom is 0.323 e. The summed E-state index contributed by atoms with van der Waals surface area (Å²) in [5.74, 6) is -6.71. The molecule has 0 radical (unpaired) electrons. The van der Waals surface area contributed by atoms with Gasteiger partial charge in [-0.25, -0.2) is 4.79 Å². The lowest BCUT2D eigenvalue weighted by Crippen LogP contribution is -2.50. The minimum absolute atomic E-state index is 0.00242. The molecular weight excluding hydrogens is 734 g/mol. The number of ketones is 2. The van der Waals surface area contributed by atoms with Crippen LogP contribution in [0.3, 0.4) is 0 Å². The lowest BCUT2D eigenvalue weighted by Gasteiger charge is -2.26. The number of amides is 5. The van der Waals surface area contributed by atoms with Gasteiger partial charge in [-0.05, 0) is 72.7 Å². The molecule has 0 saturated heterocycles. The summed E-state index contributed by atoms with van der Waals surface area (Å²) in [4.78, 5) is 89.8. The smallest absolute Gasteiger partial charge is 0.323 e. The molecule has 57 heavy (non-hydrogen) atoms. The van der Waals surface area contributed by atoms with Gasteiger partial charge in [0.15, 0.2) is 5.78 Å². The van der Waals surface area contributed by atoms with Gasteiger partial charge in [-0.15, -0.1) is 0 Å². The fraction of sp³-hybridized carbons (Fsp3) is 0.405. The molecule has 1 unspecified atom stereocenters. The van der Waals surface area contributed by atoms with Crippen molar-refractivity contribution in [2.75, 3.05) is 17.2 Å². The van der Waals surface area contributed by atoms with Gasteiger partial charge in [0.25, 0.3) is 0 Å². The summed E-state index contributed by atoms with van der Waals surface area (Å²) < 4.78 is 0. The first-order valence-electron chi connectivity index (χ1n) is 18.9. The van der Waals surface area contributed by atoms with Gasteiger partial charge >= 0.3 is 12.0 Å². The quantitative estimate of drug-likeness (QED) is 0.0685. The zero-order valence-corrected chi connectivity index (χ0v) is 32.5. The molecule has 0 aliphatic rings. The van der Waals surface area contributed by atoms with E-state index < -0.39 is 72.5 Å². The number of phenolic OH excluding ortho intramolecular Hbond substituents is 1. The first-order valence-corrected chi connectivity index (χ1v) is 18.9. The Morgan fingerprint density at radius 2 is 1.42 bits per heavy atom. The van der Waals surface area contributed by atoms with Crippen LogP contribution in [0.5, 0.6) is 5.75 Å². The van der Waals surface area contributed by atoms with E-state index in [1.54, 1.807) is 49.4 Å². The summed E-state index contributed by atoms with van der Waals surface area (Å²) >= 11 is 0. The lowest BCUT2D eigenvalue weighted by molar-refractivity contribution is -0.137. The number of Topliss-reactive ketones (excluding diaryl/α,β-unsaturated/α-hetero) is 2. The number of hydrogen-bond acceptors (Lipinski definition) is 9. The zero-order chi connectivity index (χ0) is 42.1. The summed E-state index contributed by atoms with van der Waals surface area (Å²) in [7, 11) is 0. The number of anilines is 2. The summed E-state index contributed by atoms with van der Waals surface area (Å²) in [5, 5.41) is 39.5. The predicted molar refractivity (Wildman–Crippen MR) is 213 cm³/mol. The highest BCUT2D eigenvalue weighted by Gasteiger charge is 2.33. The second-order valence-electron chi connectivity index (χ2n) is 14.2. The van der Waals surface area contributed by atoms with E-state index in [4.69, 9.17) is 5.73 Å². The third kappa shape index (κ3) is 15.2. The highest BCUT2D eigenvalue weighted by molar-refractivity contribution is 6.00. The van der Waals surface area contributed by atoms with E-state index in [-0.39, 0.29) is 56.0 Å². The van der Waals surface area contributed by atoms with E-state index in [2.05, 4.69) is 21.3 Å². The van der Waals surface area contributed by atoms with Crippen molar-refractivity contribution in [3.05, 3.63) is 89.5 Å². The molecule has 0 heterocycles. The number of aliphatic hydroxyl groups is 1. The number of phenols is 1. The van der Waals surface area contributed by atoms with Crippen LogP contribution in [-0.2, 0) is 41.6 Å². The summed E-state index contributed by atoms with van der Waals surface area (Å²) in [5.41, 5.74) is 8.83. The first-order chi connectivity index (χ1) is 27.1. The zero-order valence-electron chi connectivity index (χ0n) is 32.5. The number of primary amides is 1. The number of carbonyl (C=O) groups excluding carboxylic acids is 6. The Kier molecular flexibility index (Phi) is 17.8. The summed E-state index contributed by atoms with van der Waals surface area (Å²) in [6, 6.07) is 17.1. The molecule has 0 bridgehead atoms. The van der Waals surface area contributed by atoms with Crippen molar-refractivity contribution in [3.63, 3.8) is 0 Å². The third-order valence-corrected chi connectivity index (χ3v) is 9.79. The number of carbonyl (C=O) groups is 7. The highest BCUT2D eigenvalue weighted by Crippen LogP contribution is 2.23. The van der Waals surface area contributed by atoms with Crippen molar-refractivity contribution < 1.29 is 48.9 Å². The van der Waals surface area contributed by atoms with Crippen LogP contribution in [0.25, 0.3) is 0 Å². The number of carboxylic acids is 1. The van der Waals surface area contributed by atoms with Crippen molar-refractivity contribution in [2.24, 2.45) is 23.5 Å². The van der Waals surface area contributed by atoms with Crippen LogP contribution < -0.4 is 27.0 Å². The second kappa shape index (κ2) is 22.5. The molecule has 0 aliphatic heterocycles. The van der Waals surface area contributed by atoms with Crippen LogP contribution >= 0.6 is 0 Å². The minimum Gasteiger partial charge on any atom is -0.508 e. The van der Waals surface area contributed by atoms with Gasteiger partial charge in [0, 0.05) is 49.4 Å². The molecule has 5 atom stereocenters. The summed E-state index contributed by atoms with van der Waals surface area (Å²) in [6.45, 7) is 4.76. The van der Waals surface area contributed by atoms with Crippen molar-refractivity contribution in [3.8, 4) is 5.75 Å². The molecular formula is C42H53N5O10. The number of aliphatic carboxylic acids is 1. The van der Waals surface area contributed by atoms with E-state index in [0.717, 1.165) is 5.56 Å². The molecule has 0 aliphatic carbocycles. The number of rotatable bonds is 23. The van der Waals surface area contributed by atoms with Crippen LogP contribution in [0.15, 0.2) is 72.8 Å². The number of carboxylic acid groups (broad SMARTS) is 1. The van der Waals surface area contributed by atoms with Crippen molar-refractivity contribution in [2.45, 2.75) is 84.2 Å². The lowest BCUT2D eigenvalue weighted by atomic mass is 9.85. The molecule has 9 N–H and O–H groups in total. The average molecular weight is 788 g/mol. The number of nitrogens with two attached hydrogens (primary N) is 1. The number of para-hydroxylation sites is 1. The Labute approximate surface area is 331 Å². The molecule has 0 spiro atoms. The van der Waals surface area contributed by atoms with Gasteiger partial charge in [0.1, 0.15) is 17.6 Å². The maximum atomic E-state index is 13.8. The van der Waals surface area contributed by atoms with Crippen LogP contribution in [0.1, 0.15) is 69.1 Å². The average Bonchev–Trinajstić information content (AvgIpc) is 3.17. The Morgan fingerprint density at radius 3 is 2.02 bits per heavy atom. The minimum atomic E-state index is -1.32. The molecule has 0 aromatic heterocycles. The molecule has 0 saturated carbocycles. The van der Waals surface area contributed by atoms with Gasteiger partial charge in [-0.1, -0.05) is 62.7 Å². The SMILES string of the molecule is CCC(C)[C@H](CC(=O)Cc1ccc(NC(=O)Nc2ccccc2C)cc1)C(=O)N[C@@H](CCCC(=O)O)C(=O)C[C@@H](CO)C(=O)N[C@@H](Cc1ccc(O)cc1)C(N)=O. The van der Waals surface area contributed by atoms with Gasteiger partial charge in [-0.2, -0.15) is 0 Å². The van der Waals surface area contributed by atoms with E-state index in [9.17, 15) is 48.9 Å². The standard InChI is InChI=1S/C42H53N5O10/c1-4-25(2)33(23-32(50)20-27-12-16-30(17-13-27)44-42(57)47-34-9-6-5-8-26(34)3)41(56)45-35(10-7-11-38(52)53)37(51)22-29(24-48)40(55)46-36(39(43)54)21-28-14-18-31(49)19-15-28/h5-6,8-9,12-19,25,29,33,35-36,48-49H,4,7,10-11,20-24H2,1-3H3,(H2,43,54)(H,45,56)(H,46,55)(H,52,53)(H2,44,47,57)/t25?,29-,33-,35-,36-/m0/s1. The molecule has 3 aromatic rings. The number of benzene rings is 3. The molecule has 15 heteroatoms. The topological polar surface area (TPSA) is 254 Å². The van der Waals surface area contributed by atoms with Crippen molar-refractivity contribution in [1.82, 2.24) is 10.6 Å². The Bertz CT molecular complexity index is 1870. The van der Waals surface area contributed by atoms with Gasteiger partial charge in [0.2, 0.25) is 17.7 Å². The largest absolute Gasteiger partial charge is 0.508 e. The number of aryl methyl sites for hydroxylation is 1. The van der Waals surface area contributed by atoms with Crippen LogP contribution in [0, 0.1) is 24.7 Å². The highest BCUT2D eigenvalue weighted by atomic mass is 16.4. The van der Waals surface area contributed by atoms with Crippen molar-refractivity contribution in [1.29, 1.82) is 0 Å². The number of hydrogen-bond donors (Lipinski definition) is 8. The van der Waals surface area contributed by atoms with Crippen molar-refractivity contribution >= 4 is 52.7 Å². The molecule has 5 amide bonds. The number of nitrogens with one attached hydrogen (secondary N) is 4. The third-order valence-electron chi connectivity index (χ3n) is 9.79.